The molecule has 0 spiro atoms. The first-order chi connectivity index (χ1) is 17.2. The molecule has 0 amide bonds. The van der Waals surface area contributed by atoms with Crippen LogP contribution in [-0.2, 0) is 43.6 Å². The van der Waals surface area contributed by atoms with E-state index in [4.69, 9.17) is 0 Å². The molecule has 0 saturated carbocycles. The second-order valence-electron chi connectivity index (χ2n) is 6.90. The number of sulfone groups is 1. The first kappa shape index (κ1) is 40.3. The van der Waals surface area contributed by atoms with Gasteiger partial charge in [0, 0.05) is 5.39 Å². The van der Waals surface area contributed by atoms with Gasteiger partial charge in [-0.3, -0.25) is 9.22 Å². The maximum Gasteiger partial charge on any atom is 1.00 e. The molecule has 0 aromatic heterocycles. The van der Waals surface area contributed by atoms with Crippen molar-refractivity contribution in [2.75, 3.05) is 12.4 Å². The molecular formula is C18H13N2Na3O13S4. The third-order valence-corrected chi connectivity index (χ3v) is 8.33. The molecule has 0 unspecified atom stereocenters. The number of phenols is 1. The summed E-state index contributed by atoms with van der Waals surface area (Å²) in [5, 5.41) is 30.6. The number of fused-ring (bicyclic) bond motifs is 1. The molecule has 3 rings (SSSR count). The Hall–Kier alpha value is 0.280. The zero-order valence-electron chi connectivity index (χ0n) is 20.9. The molecule has 0 aliphatic carbocycles. The molecule has 3 aromatic rings. The molecule has 1 N–H and O–H groups in total. The molecule has 15 nitrogen and oxygen atoms in total. The Morgan fingerprint density at radius 3 is 2.08 bits per heavy atom. The molecular weight excluding hydrogens is 649 g/mol. The minimum Gasteiger partial charge on any atom is -0.744 e. The number of rotatable bonds is 11. The Balaban J connectivity index is 0.00000507. The van der Waals surface area contributed by atoms with E-state index >= 15 is 0 Å². The van der Waals surface area contributed by atoms with Crippen LogP contribution in [0.5, 0.6) is 5.75 Å². The third kappa shape index (κ3) is 10.8. The third-order valence-electron chi connectivity index (χ3n) is 4.59. The second-order valence-corrected chi connectivity index (χ2v) is 12.2. The molecule has 3 aromatic carbocycles. The van der Waals surface area contributed by atoms with Crippen molar-refractivity contribution in [1.82, 2.24) is 0 Å². The standard InChI is InChI=1S/C18H16N2O13S4.3Na/c21-16-6-1-11-9-13(36(25,26)27)2-4-14(11)18(16)20-19-15-5-3-12(10-17(15)37(28,29)30)35(23,24)8-7-31-34-33-32-22;;;/h1-6,9-10,21-22H,7-8H2,(H,25,26,27)(H,28,29,30);;;/q;3*+1/p-3. The van der Waals surface area contributed by atoms with Gasteiger partial charge in [0.1, 0.15) is 37.4 Å². The van der Waals surface area contributed by atoms with E-state index in [1.807, 2.05) is 0 Å². The summed E-state index contributed by atoms with van der Waals surface area (Å²) in [7, 11) is -14.2. The molecule has 22 heteroatoms. The zero-order chi connectivity index (χ0) is 27.4. The maximum absolute atomic E-state index is 12.5. The van der Waals surface area contributed by atoms with Crippen LogP contribution in [0, 0.1) is 0 Å². The van der Waals surface area contributed by atoms with E-state index in [2.05, 4.69) is 23.8 Å². The Labute approximate surface area is 299 Å². The van der Waals surface area contributed by atoms with Crippen LogP contribution in [0.3, 0.4) is 0 Å². The molecule has 0 bridgehead atoms. The van der Waals surface area contributed by atoms with Crippen molar-refractivity contribution >= 4 is 64.5 Å². The van der Waals surface area contributed by atoms with Crippen LogP contribution >= 0.6 is 12.3 Å². The fourth-order valence-corrected chi connectivity index (χ4v) is 5.59. The van der Waals surface area contributed by atoms with Gasteiger partial charge in [0.2, 0.25) is 0 Å². The van der Waals surface area contributed by atoms with Crippen LogP contribution in [0.25, 0.3) is 10.8 Å². The van der Waals surface area contributed by atoms with Gasteiger partial charge in [-0.25, -0.2) is 25.3 Å². The van der Waals surface area contributed by atoms with Crippen LogP contribution in [0.2, 0.25) is 0 Å². The Bertz CT molecular complexity index is 1690. The SMILES string of the molecule is O=S(=O)([O-])c1ccc2c(N=Nc3ccc(S(=O)(=O)CCOSOO[O-])cc3S(=O)(=O)[O-])c(O)ccc2c1.[Na+].[Na+].[Na+]. The molecule has 0 aliphatic rings. The zero-order valence-corrected chi connectivity index (χ0v) is 30.2. The van der Waals surface area contributed by atoms with Crippen molar-refractivity contribution in [2.24, 2.45) is 10.2 Å². The summed E-state index contributed by atoms with van der Waals surface area (Å²) in [6, 6.07) is 8.02. The van der Waals surface area contributed by atoms with Crippen molar-refractivity contribution in [3.63, 3.8) is 0 Å². The molecule has 0 heterocycles. The van der Waals surface area contributed by atoms with Crippen LogP contribution in [-0.4, -0.2) is 51.8 Å². The minimum absolute atomic E-state index is 0. The van der Waals surface area contributed by atoms with Crippen molar-refractivity contribution in [3.8, 4) is 5.75 Å². The summed E-state index contributed by atoms with van der Waals surface area (Å²) >= 11 is 0.0691. The average molecular weight is 663 g/mol. The predicted octanol–water partition coefficient (Wildman–Crippen LogP) is -7.64. The van der Waals surface area contributed by atoms with Gasteiger partial charge in [-0.2, -0.15) is 0 Å². The van der Waals surface area contributed by atoms with Gasteiger partial charge in [-0.1, -0.05) is 12.1 Å². The Kier molecular flexibility index (Phi) is 17.1. The quantitative estimate of drug-likeness (QED) is 0.0381. The van der Waals surface area contributed by atoms with Gasteiger partial charge in [-0.15, -0.1) is 14.6 Å². The van der Waals surface area contributed by atoms with Crippen molar-refractivity contribution < 1.29 is 147 Å². The van der Waals surface area contributed by atoms with Gasteiger partial charge in [0.25, 0.3) is 0 Å². The monoisotopic (exact) mass is 662 g/mol. The molecule has 0 atom stereocenters. The Morgan fingerprint density at radius 1 is 0.825 bits per heavy atom. The summed E-state index contributed by atoms with van der Waals surface area (Å²) in [5.41, 5.74) is -0.811. The smallest absolute Gasteiger partial charge is 0.744 e. The first-order valence-electron chi connectivity index (χ1n) is 9.45. The molecule has 0 aliphatic heterocycles. The predicted molar refractivity (Wildman–Crippen MR) is 120 cm³/mol. The van der Waals surface area contributed by atoms with Crippen molar-refractivity contribution in [1.29, 1.82) is 0 Å². The van der Waals surface area contributed by atoms with E-state index in [0.717, 1.165) is 30.3 Å². The normalized spacial score (nSPS) is 12.0. The molecule has 0 fully saturated rings. The summed E-state index contributed by atoms with van der Waals surface area (Å²) in [6.45, 7) is -0.493. The topological polar surface area (TPSA) is 244 Å². The molecule has 40 heavy (non-hydrogen) atoms. The second kappa shape index (κ2) is 16.9. The number of hydrogen-bond acceptors (Lipinski definition) is 16. The van der Waals surface area contributed by atoms with Crippen LogP contribution in [0.1, 0.15) is 0 Å². The first-order valence-corrected chi connectivity index (χ1v) is 14.6. The van der Waals surface area contributed by atoms with Crippen LogP contribution in [0.15, 0.2) is 73.4 Å². The fraction of sp³-hybridized carbons (Fsp3) is 0.111. The maximum atomic E-state index is 12.5. The largest absolute Gasteiger partial charge is 1.00 e. The number of phenolic OH excluding ortho intramolecular Hbond substituents is 1. The van der Waals surface area contributed by atoms with Crippen LogP contribution < -0.4 is 93.9 Å². The number of hydrogen-bond donors (Lipinski definition) is 1. The van der Waals surface area contributed by atoms with E-state index < -0.39 is 68.6 Å². The number of azo groups is 1. The van der Waals surface area contributed by atoms with Gasteiger partial charge in [0.05, 0.1) is 27.0 Å². The summed E-state index contributed by atoms with van der Waals surface area (Å²) in [4.78, 5) is -2.13. The van der Waals surface area contributed by atoms with E-state index in [1.54, 1.807) is 0 Å². The number of aromatic hydroxyl groups is 1. The van der Waals surface area contributed by atoms with Gasteiger partial charge in [-0.05, 0) is 41.8 Å². The van der Waals surface area contributed by atoms with E-state index in [1.165, 1.54) is 12.1 Å². The Morgan fingerprint density at radius 2 is 1.48 bits per heavy atom. The van der Waals surface area contributed by atoms with Crippen molar-refractivity contribution in [2.45, 2.75) is 14.7 Å². The summed E-state index contributed by atoms with van der Waals surface area (Å²) in [6.07, 6.45) is 0. The van der Waals surface area contributed by atoms with Crippen LogP contribution in [0.4, 0.5) is 11.4 Å². The average Bonchev–Trinajstić information content (AvgIpc) is 2.81. The summed E-state index contributed by atoms with van der Waals surface area (Å²) in [5.74, 6) is -1.14. The van der Waals surface area contributed by atoms with E-state index in [9.17, 15) is 44.7 Å². The molecule has 200 valence electrons. The van der Waals surface area contributed by atoms with Gasteiger partial charge in [0.15, 0.2) is 22.2 Å². The van der Waals surface area contributed by atoms with E-state index in [0.29, 0.717) is 6.07 Å². The molecule has 0 saturated heterocycles. The number of nitrogens with zero attached hydrogens (tertiary/aromatic N) is 2. The van der Waals surface area contributed by atoms with Crippen molar-refractivity contribution in [3.05, 3.63) is 48.5 Å². The van der Waals surface area contributed by atoms with Gasteiger partial charge >= 0.3 is 88.7 Å². The minimum atomic E-state index is -5.27. The molecule has 0 radical (unpaired) electrons. The van der Waals surface area contributed by atoms with Gasteiger partial charge < -0.3 is 19.5 Å². The summed E-state index contributed by atoms with van der Waals surface area (Å²) < 4.78 is 103. The fourth-order valence-electron chi connectivity index (χ4n) is 2.94. The number of benzene rings is 3. The van der Waals surface area contributed by atoms with E-state index in [-0.39, 0.29) is 117 Å².